The summed E-state index contributed by atoms with van der Waals surface area (Å²) in [6.45, 7) is -1.01. The highest BCUT2D eigenvalue weighted by Gasteiger charge is 2.50. The number of nitrogens with zero attached hydrogens (tertiary/aromatic N) is 2. The summed E-state index contributed by atoms with van der Waals surface area (Å²) in [6.07, 6.45) is -1.85. The van der Waals surface area contributed by atoms with E-state index < -0.39 is 48.6 Å². The molecule has 0 bridgehead atoms. The summed E-state index contributed by atoms with van der Waals surface area (Å²) in [6, 6.07) is 15.0. The largest absolute Gasteiger partial charge is 0.480 e. The van der Waals surface area contributed by atoms with E-state index in [9.17, 15) is 23.2 Å². The van der Waals surface area contributed by atoms with Gasteiger partial charge >= 0.3 is 12.1 Å². The Morgan fingerprint density at radius 3 is 2.37 bits per heavy atom. The van der Waals surface area contributed by atoms with Crippen LogP contribution in [0, 0.1) is 0 Å². The summed E-state index contributed by atoms with van der Waals surface area (Å²) in [7, 11) is 0. The Morgan fingerprint density at radius 1 is 1.11 bits per heavy atom. The molecule has 1 aliphatic carbocycles. The van der Waals surface area contributed by atoms with E-state index in [1.165, 1.54) is 0 Å². The van der Waals surface area contributed by atoms with Crippen LogP contribution in [0.2, 0.25) is 0 Å². The van der Waals surface area contributed by atoms with Crippen LogP contribution in [0.4, 0.5) is 19.5 Å². The van der Waals surface area contributed by atoms with Gasteiger partial charge in [0.05, 0.1) is 6.54 Å². The van der Waals surface area contributed by atoms with Crippen molar-refractivity contribution in [3.63, 3.8) is 0 Å². The lowest BCUT2D eigenvalue weighted by atomic mass is 9.98. The average molecular weight is 483 g/mol. The van der Waals surface area contributed by atoms with Crippen LogP contribution in [-0.2, 0) is 9.53 Å². The number of alkyl halides is 2. The second-order valence-corrected chi connectivity index (χ2v) is 8.37. The molecule has 0 radical (unpaired) electrons. The average Bonchev–Trinajstić information content (AvgIpc) is 3.51. The molecule has 0 spiro atoms. The molecule has 2 aromatic carbocycles. The van der Waals surface area contributed by atoms with E-state index in [1.807, 2.05) is 48.5 Å². The van der Waals surface area contributed by atoms with Gasteiger partial charge in [0.1, 0.15) is 12.6 Å². The van der Waals surface area contributed by atoms with Gasteiger partial charge in [0, 0.05) is 18.4 Å². The first-order valence-corrected chi connectivity index (χ1v) is 10.7. The van der Waals surface area contributed by atoms with Gasteiger partial charge in [-0.1, -0.05) is 53.7 Å². The molecule has 2 aliphatic rings. The van der Waals surface area contributed by atoms with Gasteiger partial charge in [0.25, 0.3) is 11.8 Å². The van der Waals surface area contributed by atoms with E-state index in [0.717, 1.165) is 28.3 Å². The van der Waals surface area contributed by atoms with E-state index in [-0.39, 0.29) is 18.4 Å². The zero-order chi connectivity index (χ0) is 24.7. The van der Waals surface area contributed by atoms with Gasteiger partial charge in [-0.3, -0.25) is 10.1 Å². The van der Waals surface area contributed by atoms with Crippen molar-refractivity contribution in [2.75, 3.05) is 18.5 Å². The molecule has 1 atom stereocenters. The minimum atomic E-state index is -3.33. The van der Waals surface area contributed by atoms with Gasteiger partial charge in [0.15, 0.2) is 5.69 Å². The number of fused-ring (bicyclic) bond motifs is 3. The molecule has 1 aromatic heterocycles. The lowest BCUT2D eigenvalue weighted by Gasteiger charge is -2.19. The number of amides is 2. The van der Waals surface area contributed by atoms with Crippen molar-refractivity contribution in [1.82, 2.24) is 10.1 Å². The van der Waals surface area contributed by atoms with Crippen LogP contribution in [0.15, 0.2) is 59.1 Å². The minimum absolute atomic E-state index is 0.0446. The molecular weight excluding hydrogens is 464 g/mol. The number of likely N-dealkylation sites (tertiary alicyclic amines) is 1. The van der Waals surface area contributed by atoms with Gasteiger partial charge in [-0.25, -0.2) is 18.4 Å². The maximum atomic E-state index is 13.7. The molecule has 2 N–H and O–H groups in total. The van der Waals surface area contributed by atoms with E-state index in [1.54, 1.807) is 0 Å². The van der Waals surface area contributed by atoms with Crippen molar-refractivity contribution >= 4 is 23.9 Å². The van der Waals surface area contributed by atoms with Crippen LogP contribution in [0.1, 0.15) is 34.0 Å². The molecule has 11 heteroatoms. The highest BCUT2D eigenvalue weighted by molar-refractivity contribution is 5.96. The number of anilines is 1. The molecule has 1 saturated heterocycles. The lowest BCUT2D eigenvalue weighted by molar-refractivity contribution is -0.141. The Labute approximate surface area is 197 Å². The Morgan fingerprint density at radius 2 is 1.74 bits per heavy atom. The van der Waals surface area contributed by atoms with Crippen LogP contribution in [0.5, 0.6) is 0 Å². The van der Waals surface area contributed by atoms with Crippen LogP contribution in [0.3, 0.4) is 0 Å². The molecule has 5 rings (SSSR count). The summed E-state index contributed by atoms with van der Waals surface area (Å²) in [5.74, 6) is -6.33. The van der Waals surface area contributed by atoms with Crippen LogP contribution in [0.25, 0.3) is 11.1 Å². The van der Waals surface area contributed by atoms with E-state index >= 15 is 0 Å². The van der Waals surface area contributed by atoms with Crippen LogP contribution in [-0.4, -0.2) is 58.2 Å². The first-order chi connectivity index (χ1) is 16.7. The molecule has 1 aliphatic heterocycles. The number of carbonyl (C=O) groups excluding carboxylic acids is 2. The first-order valence-electron chi connectivity index (χ1n) is 10.7. The summed E-state index contributed by atoms with van der Waals surface area (Å²) >= 11 is 0. The number of nitrogens with one attached hydrogen (secondary N) is 1. The number of halogens is 2. The number of carboxylic acid groups (broad SMARTS) is 1. The second-order valence-electron chi connectivity index (χ2n) is 8.37. The normalized spacial score (nSPS) is 18.1. The van der Waals surface area contributed by atoms with Crippen molar-refractivity contribution in [2.45, 2.75) is 24.3 Å². The molecule has 9 nitrogen and oxygen atoms in total. The zero-order valence-corrected chi connectivity index (χ0v) is 18.1. The number of carbonyl (C=O) groups is 3. The van der Waals surface area contributed by atoms with Crippen molar-refractivity contribution in [1.29, 1.82) is 0 Å². The van der Waals surface area contributed by atoms with Gasteiger partial charge in [-0.05, 0) is 22.3 Å². The second kappa shape index (κ2) is 8.49. The number of hydrogen-bond donors (Lipinski definition) is 2. The van der Waals surface area contributed by atoms with Crippen molar-refractivity contribution < 1.29 is 37.5 Å². The minimum Gasteiger partial charge on any atom is -0.480 e. The SMILES string of the molecule is O=C(Nc1cc(C(=O)N2CC(F)(F)CC2C(=O)O)no1)OCC1c2ccccc2-c2ccccc21. The third kappa shape index (κ3) is 4.20. The first kappa shape index (κ1) is 22.5. The summed E-state index contributed by atoms with van der Waals surface area (Å²) in [5, 5.41) is 14.9. The molecule has 180 valence electrons. The summed E-state index contributed by atoms with van der Waals surface area (Å²) in [5.41, 5.74) is 3.79. The highest BCUT2D eigenvalue weighted by Crippen LogP contribution is 2.44. The summed E-state index contributed by atoms with van der Waals surface area (Å²) < 4.78 is 37.6. The Hall–Kier alpha value is -4.28. The number of rotatable bonds is 5. The molecular formula is C24H19F2N3O6. The quantitative estimate of drug-likeness (QED) is 0.563. The number of aliphatic carboxylic acids is 1. The number of hydrogen-bond acceptors (Lipinski definition) is 6. The third-order valence-corrected chi connectivity index (χ3v) is 6.11. The zero-order valence-electron chi connectivity index (χ0n) is 18.1. The van der Waals surface area contributed by atoms with Gasteiger partial charge in [0.2, 0.25) is 5.88 Å². The van der Waals surface area contributed by atoms with Gasteiger partial charge in [-0.15, -0.1) is 0 Å². The predicted octanol–water partition coefficient (Wildman–Crippen LogP) is 3.97. The Balaban J connectivity index is 1.23. The number of benzene rings is 2. The fraction of sp³-hybridized carbons (Fsp3) is 0.250. The van der Waals surface area contributed by atoms with Crippen molar-refractivity contribution in [3.8, 4) is 11.1 Å². The van der Waals surface area contributed by atoms with Crippen LogP contribution < -0.4 is 5.32 Å². The Bertz CT molecular complexity index is 1280. The van der Waals surface area contributed by atoms with E-state index in [0.29, 0.717) is 4.90 Å². The third-order valence-electron chi connectivity index (χ3n) is 6.11. The van der Waals surface area contributed by atoms with Gasteiger partial charge in [-0.2, -0.15) is 0 Å². The van der Waals surface area contributed by atoms with Crippen molar-refractivity contribution in [2.24, 2.45) is 0 Å². The fourth-order valence-corrected chi connectivity index (χ4v) is 4.57. The maximum absolute atomic E-state index is 13.7. The molecule has 3 aromatic rings. The molecule has 35 heavy (non-hydrogen) atoms. The molecule has 2 heterocycles. The standard InChI is InChI=1S/C24H19F2N3O6/c25-24(26)10-19(22(31)32)29(12-24)21(30)18-9-20(35-28-18)27-23(33)34-11-17-15-7-3-1-5-13(15)14-6-2-4-8-16(14)17/h1-9,17,19H,10-12H2,(H,27,33)(H,31,32). The lowest BCUT2D eigenvalue weighted by Crippen LogP contribution is -2.40. The summed E-state index contributed by atoms with van der Waals surface area (Å²) in [4.78, 5) is 36.7. The van der Waals surface area contributed by atoms with Gasteiger partial charge < -0.3 is 19.3 Å². The predicted molar refractivity (Wildman–Crippen MR) is 117 cm³/mol. The maximum Gasteiger partial charge on any atom is 0.414 e. The fourth-order valence-electron chi connectivity index (χ4n) is 4.57. The molecule has 1 fully saturated rings. The molecule has 0 saturated carbocycles. The molecule has 2 amide bonds. The monoisotopic (exact) mass is 483 g/mol. The Kier molecular flexibility index (Phi) is 5.46. The topological polar surface area (TPSA) is 122 Å². The number of aromatic nitrogens is 1. The smallest absolute Gasteiger partial charge is 0.414 e. The van der Waals surface area contributed by atoms with E-state index in [4.69, 9.17) is 14.4 Å². The highest BCUT2D eigenvalue weighted by atomic mass is 19.3. The number of ether oxygens (including phenoxy) is 1. The van der Waals surface area contributed by atoms with Crippen molar-refractivity contribution in [3.05, 3.63) is 71.4 Å². The molecule has 1 unspecified atom stereocenters. The number of carboxylic acids is 1. The van der Waals surface area contributed by atoms with Crippen LogP contribution >= 0.6 is 0 Å². The van der Waals surface area contributed by atoms with E-state index in [2.05, 4.69) is 10.5 Å².